The van der Waals surface area contributed by atoms with E-state index in [4.69, 9.17) is 0 Å². The number of fused-ring (bicyclic) bond motifs is 1. The zero-order valence-corrected chi connectivity index (χ0v) is 14.5. The highest BCUT2D eigenvalue weighted by molar-refractivity contribution is 7.89. The fraction of sp³-hybridized carbons (Fsp3) is 0.562. The van der Waals surface area contributed by atoms with E-state index in [0.29, 0.717) is 19.5 Å². The molecule has 0 aliphatic carbocycles. The Labute approximate surface area is 137 Å². The summed E-state index contributed by atoms with van der Waals surface area (Å²) in [5, 5.41) is 1.07. The van der Waals surface area contributed by atoms with Crippen LogP contribution in [0.4, 0.5) is 5.69 Å². The van der Waals surface area contributed by atoms with E-state index < -0.39 is 10.0 Å². The normalized spacial score (nSPS) is 20.0. The van der Waals surface area contributed by atoms with E-state index >= 15 is 0 Å². The summed E-state index contributed by atoms with van der Waals surface area (Å²) in [5.41, 5.74) is 1.96. The number of aromatic nitrogens is 2. The largest absolute Gasteiger partial charge is 0.370 e. The van der Waals surface area contributed by atoms with Crippen molar-refractivity contribution >= 4 is 26.7 Å². The standard InChI is InChI=1S/C16H24N4O2S/c1-3-11-23(21,22)20-10-4-5-13(12-20)19(2)15-7-9-18-16-14(15)6-8-17-16/h6-9,13H,3-5,10-12H2,1-2H3,(H,17,18). The Kier molecular flexibility index (Phi) is 4.59. The van der Waals surface area contributed by atoms with Crippen molar-refractivity contribution in [2.45, 2.75) is 32.2 Å². The van der Waals surface area contributed by atoms with Gasteiger partial charge in [-0.25, -0.2) is 13.4 Å². The summed E-state index contributed by atoms with van der Waals surface area (Å²) < 4.78 is 26.4. The molecule has 0 saturated carbocycles. The van der Waals surface area contributed by atoms with Crippen LogP contribution < -0.4 is 4.90 Å². The minimum atomic E-state index is -3.13. The molecule has 23 heavy (non-hydrogen) atoms. The first-order valence-electron chi connectivity index (χ1n) is 8.15. The molecule has 2 aromatic rings. The van der Waals surface area contributed by atoms with Gasteiger partial charge in [-0.1, -0.05) is 6.92 Å². The number of nitrogens with zero attached hydrogens (tertiary/aromatic N) is 3. The van der Waals surface area contributed by atoms with Gasteiger partial charge in [0.2, 0.25) is 10.0 Å². The van der Waals surface area contributed by atoms with Crippen LogP contribution in [0, 0.1) is 0 Å². The molecule has 0 amide bonds. The molecule has 1 fully saturated rings. The predicted octanol–water partition coefficient (Wildman–Crippen LogP) is 2.20. The van der Waals surface area contributed by atoms with Gasteiger partial charge >= 0.3 is 0 Å². The molecule has 0 spiro atoms. The van der Waals surface area contributed by atoms with Crippen molar-refractivity contribution in [1.29, 1.82) is 0 Å². The number of anilines is 1. The second-order valence-electron chi connectivity index (χ2n) is 6.15. The van der Waals surface area contributed by atoms with Crippen molar-refractivity contribution in [3.8, 4) is 0 Å². The minimum absolute atomic E-state index is 0.191. The maximum atomic E-state index is 12.4. The summed E-state index contributed by atoms with van der Waals surface area (Å²) >= 11 is 0. The summed E-state index contributed by atoms with van der Waals surface area (Å²) in [6.07, 6.45) is 6.24. The van der Waals surface area contributed by atoms with Gasteiger partial charge in [0.25, 0.3) is 0 Å². The molecule has 0 radical (unpaired) electrons. The zero-order valence-electron chi connectivity index (χ0n) is 13.7. The molecule has 1 aliphatic rings. The quantitative estimate of drug-likeness (QED) is 0.909. The number of likely N-dealkylation sites (N-methyl/N-ethyl adjacent to an activating group) is 1. The van der Waals surface area contributed by atoms with Crippen molar-refractivity contribution in [1.82, 2.24) is 14.3 Å². The van der Waals surface area contributed by atoms with E-state index in [0.717, 1.165) is 29.6 Å². The van der Waals surface area contributed by atoms with E-state index in [2.05, 4.69) is 14.9 Å². The van der Waals surface area contributed by atoms with E-state index in [1.165, 1.54) is 0 Å². The summed E-state index contributed by atoms with van der Waals surface area (Å²) in [7, 11) is -1.08. The first-order chi connectivity index (χ1) is 11.0. The molecule has 1 atom stereocenters. The molecule has 1 N–H and O–H groups in total. The van der Waals surface area contributed by atoms with Crippen LogP contribution >= 0.6 is 0 Å². The van der Waals surface area contributed by atoms with Crippen molar-refractivity contribution in [3.63, 3.8) is 0 Å². The fourth-order valence-corrected chi connectivity index (χ4v) is 4.91. The van der Waals surface area contributed by atoms with Gasteiger partial charge in [-0.05, 0) is 31.4 Å². The number of rotatable bonds is 5. The van der Waals surface area contributed by atoms with Crippen LogP contribution in [0.3, 0.4) is 0 Å². The molecule has 3 rings (SSSR count). The topological polar surface area (TPSA) is 69.3 Å². The molecular formula is C16H24N4O2S. The van der Waals surface area contributed by atoms with E-state index in [-0.39, 0.29) is 11.8 Å². The van der Waals surface area contributed by atoms with E-state index in [1.807, 2.05) is 32.3 Å². The number of sulfonamides is 1. The lowest BCUT2D eigenvalue weighted by Gasteiger charge is -2.38. The Morgan fingerprint density at radius 2 is 2.26 bits per heavy atom. The van der Waals surface area contributed by atoms with Crippen LogP contribution in [0.25, 0.3) is 11.0 Å². The number of hydrogen-bond donors (Lipinski definition) is 1. The first kappa shape index (κ1) is 16.3. The highest BCUT2D eigenvalue weighted by atomic mass is 32.2. The van der Waals surface area contributed by atoms with Gasteiger partial charge in [-0.3, -0.25) is 0 Å². The molecule has 2 aromatic heterocycles. The van der Waals surface area contributed by atoms with Crippen LogP contribution in [0.15, 0.2) is 24.5 Å². The molecule has 0 aromatic carbocycles. The zero-order chi connectivity index (χ0) is 16.4. The van der Waals surface area contributed by atoms with Crippen molar-refractivity contribution in [2.75, 3.05) is 30.8 Å². The second-order valence-corrected chi connectivity index (χ2v) is 8.24. The Morgan fingerprint density at radius 3 is 3.04 bits per heavy atom. The smallest absolute Gasteiger partial charge is 0.214 e. The van der Waals surface area contributed by atoms with Gasteiger partial charge in [0.1, 0.15) is 5.65 Å². The fourth-order valence-electron chi connectivity index (χ4n) is 3.33. The van der Waals surface area contributed by atoms with E-state index in [1.54, 1.807) is 10.5 Å². The molecule has 0 bridgehead atoms. The van der Waals surface area contributed by atoms with Gasteiger partial charge in [0.05, 0.1) is 5.75 Å². The van der Waals surface area contributed by atoms with Crippen LogP contribution in [0.2, 0.25) is 0 Å². The number of aromatic amines is 1. The third-order valence-corrected chi connectivity index (χ3v) is 6.62. The second kappa shape index (κ2) is 6.49. The average Bonchev–Trinajstić information content (AvgIpc) is 3.03. The maximum absolute atomic E-state index is 12.4. The summed E-state index contributed by atoms with van der Waals surface area (Å²) in [6, 6.07) is 4.20. The molecule has 1 unspecified atom stereocenters. The molecule has 1 saturated heterocycles. The average molecular weight is 336 g/mol. The minimum Gasteiger partial charge on any atom is -0.370 e. The lowest BCUT2D eigenvalue weighted by atomic mass is 10.1. The SMILES string of the molecule is CCCS(=O)(=O)N1CCCC(N(C)c2ccnc3[nH]ccc23)C1. The van der Waals surface area contributed by atoms with Gasteiger partial charge in [-0.2, -0.15) is 4.31 Å². The number of piperidine rings is 1. The summed E-state index contributed by atoms with van der Waals surface area (Å²) in [5.74, 6) is 0.237. The molecule has 1 aliphatic heterocycles. The number of nitrogens with one attached hydrogen (secondary N) is 1. The summed E-state index contributed by atoms with van der Waals surface area (Å²) in [4.78, 5) is 9.64. The van der Waals surface area contributed by atoms with Gasteiger partial charge in [0, 0.05) is 49.6 Å². The van der Waals surface area contributed by atoms with Crippen molar-refractivity contribution < 1.29 is 8.42 Å². The Bertz CT molecular complexity index is 771. The monoisotopic (exact) mass is 336 g/mol. The van der Waals surface area contributed by atoms with Crippen LogP contribution in [0.5, 0.6) is 0 Å². The lowest BCUT2D eigenvalue weighted by Crippen LogP contribution is -2.49. The third-order valence-electron chi connectivity index (χ3n) is 4.58. The van der Waals surface area contributed by atoms with Crippen molar-refractivity contribution in [3.05, 3.63) is 24.5 Å². The first-order valence-corrected chi connectivity index (χ1v) is 9.76. The highest BCUT2D eigenvalue weighted by Crippen LogP contribution is 2.28. The number of pyridine rings is 1. The molecule has 3 heterocycles. The van der Waals surface area contributed by atoms with Gasteiger partial charge < -0.3 is 9.88 Å². The Morgan fingerprint density at radius 1 is 1.43 bits per heavy atom. The Hall–Kier alpha value is -1.60. The van der Waals surface area contributed by atoms with Crippen LogP contribution in [0.1, 0.15) is 26.2 Å². The third kappa shape index (κ3) is 3.21. The number of hydrogen-bond acceptors (Lipinski definition) is 4. The molecule has 6 nitrogen and oxygen atoms in total. The maximum Gasteiger partial charge on any atom is 0.214 e. The Balaban J connectivity index is 1.82. The molecule has 126 valence electrons. The van der Waals surface area contributed by atoms with Crippen LogP contribution in [-0.2, 0) is 10.0 Å². The van der Waals surface area contributed by atoms with Crippen LogP contribution in [-0.4, -0.2) is 54.6 Å². The summed E-state index contributed by atoms with van der Waals surface area (Å²) in [6.45, 7) is 3.11. The number of H-pyrrole nitrogens is 1. The highest BCUT2D eigenvalue weighted by Gasteiger charge is 2.30. The van der Waals surface area contributed by atoms with E-state index in [9.17, 15) is 8.42 Å². The van der Waals surface area contributed by atoms with Gasteiger partial charge in [0.15, 0.2) is 0 Å². The lowest BCUT2D eigenvalue weighted by molar-refractivity contribution is 0.310. The van der Waals surface area contributed by atoms with Crippen molar-refractivity contribution in [2.24, 2.45) is 0 Å². The van der Waals surface area contributed by atoms with Gasteiger partial charge in [-0.15, -0.1) is 0 Å². The molecular weight excluding hydrogens is 312 g/mol. The molecule has 7 heteroatoms. The predicted molar refractivity (Wildman–Crippen MR) is 93.2 cm³/mol.